The van der Waals surface area contributed by atoms with Crippen molar-refractivity contribution in [2.24, 2.45) is 0 Å². The summed E-state index contributed by atoms with van der Waals surface area (Å²) in [7, 11) is 1.55. The minimum Gasteiger partial charge on any atom is -0.496 e. The zero-order chi connectivity index (χ0) is 25.4. The van der Waals surface area contributed by atoms with Crippen LogP contribution in [-0.4, -0.2) is 43.9 Å². The zero-order valence-electron chi connectivity index (χ0n) is 20.1. The molecule has 1 unspecified atom stereocenters. The molecule has 4 rings (SSSR count). The first-order valence-electron chi connectivity index (χ1n) is 11.8. The van der Waals surface area contributed by atoms with E-state index in [-0.39, 0.29) is 11.3 Å². The third kappa shape index (κ3) is 5.91. The number of nitrogens with zero attached hydrogens (tertiary/aromatic N) is 2. The van der Waals surface area contributed by atoms with E-state index in [2.05, 4.69) is 21.6 Å². The van der Waals surface area contributed by atoms with Gasteiger partial charge in [0.2, 0.25) is 6.35 Å². The fourth-order valence-electron chi connectivity index (χ4n) is 4.63. The molecule has 1 fully saturated rings. The molecule has 8 heteroatoms. The van der Waals surface area contributed by atoms with Crippen LogP contribution in [0, 0.1) is 11.5 Å². The Kier molecular flexibility index (Phi) is 8.32. The van der Waals surface area contributed by atoms with E-state index in [0.717, 1.165) is 18.4 Å². The van der Waals surface area contributed by atoms with E-state index < -0.39 is 6.35 Å². The highest BCUT2D eigenvalue weighted by Gasteiger charge is 2.39. The predicted octanol–water partition coefficient (Wildman–Crippen LogP) is 4.55. The van der Waals surface area contributed by atoms with E-state index in [9.17, 15) is 10.1 Å². The highest BCUT2D eigenvalue weighted by Crippen LogP contribution is 2.37. The van der Waals surface area contributed by atoms with Crippen molar-refractivity contribution in [1.29, 1.82) is 5.26 Å². The number of para-hydroxylation sites is 2. The molecule has 0 radical (unpaired) electrons. The fraction of sp³-hybridized carbons (Fsp3) is 0.286. The van der Waals surface area contributed by atoms with E-state index in [4.69, 9.17) is 21.1 Å². The Morgan fingerprint density at radius 1 is 1.08 bits per heavy atom. The van der Waals surface area contributed by atoms with Crippen LogP contribution < -0.4 is 20.1 Å². The van der Waals surface area contributed by atoms with Crippen molar-refractivity contribution in [3.05, 3.63) is 95.0 Å². The second-order valence-corrected chi connectivity index (χ2v) is 9.19. The van der Waals surface area contributed by atoms with Gasteiger partial charge in [-0.2, -0.15) is 5.26 Å². The van der Waals surface area contributed by atoms with Gasteiger partial charge < -0.3 is 14.8 Å². The van der Waals surface area contributed by atoms with Crippen molar-refractivity contribution in [2.45, 2.75) is 24.6 Å². The molecule has 186 valence electrons. The number of carbonyl (C=O) groups is 1. The second kappa shape index (κ2) is 11.8. The SMILES string of the molecule is COc1ccccc1C(=O)NCC1(c2cccc(Cl)c2)CCN(C(NC#N)Oc2ccccc2)CC1. The van der Waals surface area contributed by atoms with Crippen LogP contribution in [0.5, 0.6) is 11.5 Å². The van der Waals surface area contributed by atoms with Crippen LogP contribution in [0.4, 0.5) is 0 Å². The summed E-state index contributed by atoms with van der Waals surface area (Å²) in [5, 5.41) is 15.9. The molecule has 2 N–H and O–H groups in total. The molecule has 0 spiro atoms. The Morgan fingerprint density at radius 3 is 2.50 bits per heavy atom. The number of benzene rings is 3. The van der Waals surface area contributed by atoms with E-state index in [1.54, 1.807) is 19.2 Å². The van der Waals surface area contributed by atoms with Crippen LogP contribution in [0.3, 0.4) is 0 Å². The Morgan fingerprint density at radius 2 is 1.81 bits per heavy atom. The molecule has 1 saturated heterocycles. The molecule has 1 aliphatic rings. The number of rotatable bonds is 9. The maximum absolute atomic E-state index is 13.1. The summed E-state index contributed by atoms with van der Waals surface area (Å²) in [5.74, 6) is 1.03. The molecule has 0 aromatic heterocycles. The number of hydrogen-bond donors (Lipinski definition) is 2. The van der Waals surface area contributed by atoms with Crippen LogP contribution in [0.25, 0.3) is 0 Å². The molecular formula is C28H29ClN4O3. The molecule has 7 nitrogen and oxygen atoms in total. The molecular weight excluding hydrogens is 476 g/mol. The highest BCUT2D eigenvalue weighted by molar-refractivity contribution is 6.30. The highest BCUT2D eigenvalue weighted by atomic mass is 35.5. The predicted molar refractivity (Wildman–Crippen MR) is 139 cm³/mol. The molecule has 3 aromatic rings. The number of nitrogens with one attached hydrogen (secondary N) is 2. The van der Waals surface area contributed by atoms with Crippen LogP contribution in [0.2, 0.25) is 5.02 Å². The van der Waals surface area contributed by atoms with Crippen LogP contribution >= 0.6 is 11.6 Å². The number of carbonyl (C=O) groups excluding carboxylic acids is 1. The van der Waals surface area contributed by atoms with E-state index >= 15 is 0 Å². The summed E-state index contributed by atoms with van der Waals surface area (Å²) < 4.78 is 11.4. The van der Waals surface area contributed by atoms with Gasteiger partial charge in [-0.3, -0.25) is 15.0 Å². The maximum atomic E-state index is 13.1. The molecule has 1 atom stereocenters. The van der Waals surface area contributed by atoms with Crippen molar-refractivity contribution >= 4 is 17.5 Å². The van der Waals surface area contributed by atoms with Crippen LogP contribution in [-0.2, 0) is 5.41 Å². The monoisotopic (exact) mass is 504 g/mol. The normalized spacial score (nSPS) is 15.8. The van der Waals surface area contributed by atoms with E-state index in [1.807, 2.05) is 66.9 Å². The van der Waals surface area contributed by atoms with Gasteiger partial charge in [-0.1, -0.05) is 54.1 Å². The van der Waals surface area contributed by atoms with Gasteiger partial charge in [0, 0.05) is 30.1 Å². The largest absolute Gasteiger partial charge is 0.496 e. The Bertz CT molecular complexity index is 1210. The first kappa shape index (κ1) is 25.4. The first-order valence-corrected chi connectivity index (χ1v) is 12.2. The number of methoxy groups -OCH3 is 1. The molecule has 0 bridgehead atoms. The number of piperidine rings is 1. The molecule has 1 amide bonds. The Labute approximate surface area is 216 Å². The van der Waals surface area contributed by atoms with E-state index in [1.165, 1.54) is 0 Å². The van der Waals surface area contributed by atoms with Crippen LogP contribution in [0.15, 0.2) is 78.9 Å². The first-order chi connectivity index (χ1) is 17.5. The summed E-state index contributed by atoms with van der Waals surface area (Å²) in [5.41, 5.74) is 1.24. The van der Waals surface area contributed by atoms with Gasteiger partial charge in [0.15, 0.2) is 6.19 Å². The lowest BCUT2D eigenvalue weighted by Gasteiger charge is -2.44. The minimum atomic E-state index is -0.585. The number of amides is 1. The average molecular weight is 505 g/mol. The number of likely N-dealkylation sites (tertiary alicyclic amines) is 1. The third-order valence-electron chi connectivity index (χ3n) is 6.64. The number of nitriles is 1. The standard InChI is InChI=1S/C28H29ClN4O3/c1-35-25-13-6-5-12-24(25)26(34)31-19-28(21-8-7-9-22(29)18-21)14-16-33(17-15-28)27(32-20-30)36-23-10-3-2-4-11-23/h2-13,18,27,32H,14-17,19H2,1H3,(H,31,34). The topological polar surface area (TPSA) is 86.6 Å². The lowest BCUT2D eigenvalue weighted by molar-refractivity contribution is -0.0156. The molecule has 1 heterocycles. The summed E-state index contributed by atoms with van der Waals surface area (Å²) >= 11 is 6.35. The number of hydrogen-bond acceptors (Lipinski definition) is 6. The summed E-state index contributed by atoms with van der Waals surface area (Å²) in [6, 6.07) is 24.4. The maximum Gasteiger partial charge on any atom is 0.255 e. The lowest BCUT2D eigenvalue weighted by Crippen LogP contribution is -2.55. The van der Waals surface area contributed by atoms with Crippen molar-refractivity contribution < 1.29 is 14.3 Å². The van der Waals surface area contributed by atoms with Crippen LogP contribution in [0.1, 0.15) is 28.8 Å². The number of halogens is 1. The van der Waals surface area contributed by atoms with Crippen molar-refractivity contribution in [3.8, 4) is 17.7 Å². The molecule has 1 aliphatic heterocycles. The van der Waals surface area contributed by atoms with Crippen molar-refractivity contribution in [3.63, 3.8) is 0 Å². The number of ether oxygens (including phenoxy) is 2. The van der Waals surface area contributed by atoms with Crippen molar-refractivity contribution in [2.75, 3.05) is 26.7 Å². The van der Waals surface area contributed by atoms with Gasteiger partial charge >= 0.3 is 0 Å². The fourth-order valence-corrected chi connectivity index (χ4v) is 4.82. The molecule has 0 saturated carbocycles. The van der Waals surface area contributed by atoms with Gasteiger partial charge in [-0.25, -0.2) is 0 Å². The quantitative estimate of drug-likeness (QED) is 0.253. The molecule has 3 aromatic carbocycles. The van der Waals surface area contributed by atoms with E-state index in [0.29, 0.717) is 41.7 Å². The van der Waals surface area contributed by atoms with Gasteiger partial charge in [0.25, 0.3) is 5.91 Å². The molecule has 0 aliphatic carbocycles. The zero-order valence-corrected chi connectivity index (χ0v) is 20.9. The Balaban J connectivity index is 1.52. The van der Waals surface area contributed by atoms with Gasteiger partial charge in [0.1, 0.15) is 11.5 Å². The minimum absolute atomic E-state index is 0.187. The Hall–Kier alpha value is -3.73. The van der Waals surface area contributed by atoms with Gasteiger partial charge in [-0.05, 0) is 54.8 Å². The molecule has 36 heavy (non-hydrogen) atoms. The smallest absolute Gasteiger partial charge is 0.255 e. The third-order valence-corrected chi connectivity index (χ3v) is 6.88. The lowest BCUT2D eigenvalue weighted by atomic mass is 9.72. The summed E-state index contributed by atoms with van der Waals surface area (Å²) in [6.45, 7) is 1.75. The second-order valence-electron chi connectivity index (χ2n) is 8.75. The summed E-state index contributed by atoms with van der Waals surface area (Å²) in [6.07, 6.45) is 2.90. The summed E-state index contributed by atoms with van der Waals surface area (Å²) in [4.78, 5) is 15.2. The van der Waals surface area contributed by atoms with Gasteiger partial charge in [0.05, 0.1) is 12.7 Å². The average Bonchev–Trinajstić information content (AvgIpc) is 2.92. The van der Waals surface area contributed by atoms with Crippen molar-refractivity contribution in [1.82, 2.24) is 15.5 Å². The van der Waals surface area contributed by atoms with Gasteiger partial charge in [-0.15, -0.1) is 0 Å².